The van der Waals surface area contributed by atoms with E-state index in [1.165, 1.54) is 12.1 Å². The smallest absolute Gasteiger partial charge is 0.191 e. The molecule has 0 aliphatic carbocycles. The van der Waals surface area contributed by atoms with Crippen molar-refractivity contribution >= 4 is 11.6 Å². The molecule has 1 aliphatic heterocycles. The maximum Gasteiger partial charge on any atom is 0.191 e. The molecule has 1 aliphatic rings. The van der Waals surface area contributed by atoms with Crippen molar-refractivity contribution in [2.24, 2.45) is 4.99 Å². The average Bonchev–Trinajstić information content (AvgIpc) is 2.79. The SMILES string of the molecule is CN=C(NCCOCc1ccccc1OC)NC1CCCN(c2ccccc2)C1. The minimum atomic E-state index is 0.379. The van der Waals surface area contributed by atoms with Gasteiger partial charge in [-0.05, 0) is 31.0 Å². The van der Waals surface area contributed by atoms with E-state index in [1.54, 1.807) is 7.11 Å². The van der Waals surface area contributed by atoms with E-state index in [9.17, 15) is 0 Å². The summed E-state index contributed by atoms with van der Waals surface area (Å²) in [5.41, 5.74) is 2.34. The molecule has 1 atom stereocenters. The Bertz CT molecular complexity index is 766. The zero-order valence-electron chi connectivity index (χ0n) is 17.4. The second-order valence-corrected chi connectivity index (χ2v) is 7.13. The maximum atomic E-state index is 5.79. The average molecular weight is 397 g/mol. The summed E-state index contributed by atoms with van der Waals surface area (Å²) in [4.78, 5) is 6.80. The molecule has 1 saturated heterocycles. The van der Waals surface area contributed by atoms with Crippen LogP contribution in [0.3, 0.4) is 0 Å². The van der Waals surface area contributed by atoms with Crippen LogP contribution in [0.4, 0.5) is 5.69 Å². The Labute approximate surface area is 173 Å². The number of methoxy groups -OCH3 is 1. The number of aliphatic imine (C=N–C) groups is 1. The number of para-hydroxylation sites is 2. The van der Waals surface area contributed by atoms with E-state index < -0.39 is 0 Å². The van der Waals surface area contributed by atoms with E-state index in [0.29, 0.717) is 25.8 Å². The number of nitrogens with one attached hydrogen (secondary N) is 2. The molecule has 2 aromatic carbocycles. The van der Waals surface area contributed by atoms with Gasteiger partial charge in [0.05, 0.1) is 20.3 Å². The summed E-state index contributed by atoms with van der Waals surface area (Å²) in [6, 6.07) is 18.9. The fourth-order valence-electron chi connectivity index (χ4n) is 3.60. The van der Waals surface area contributed by atoms with Gasteiger partial charge < -0.3 is 25.0 Å². The van der Waals surface area contributed by atoms with E-state index in [4.69, 9.17) is 9.47 Å². The lowest BCUT2D eigenvalue weighted by Crippen LogP contribution is -2.51. The number of benzene rings is 2. The number of anilines is 1. The summed E-state index contributed by atoms with van der Waals surface area (Å²) in [7, 11) is 3.49. The molecule has 0 amide bonds. The van der Waals surface area contributed by atoms with Crippen LogP contribution in [-0.2, 0) is 11.3 Å². The van der Waals surface area contributed by atoms with Gasteiger partial charge in [-0.25, -0.2) is 0 Å². The summed E-state index contributed by atoms with van der Waals surface area (Å²) in [6.07, 6.45) is 2.32. The Balaban J connectivity index is 1.39. The molecule has 6 heteroatoms. The summed E-state index contributed by atoms with van der Waals surface area (Å²) < 4.78 is 11.1. The largest absolute Gasteiger partial charge is 0.496 e. The highest BCUT2D eigenvalue weighted by molar-refractivity contribution is 5.80. The fraction of sp³-hybridized carbons (Fsp3) is 0.435. The van der Waals surface area contributed by atoms with Crippen LogP contribution in [0.1, 0.15) is 18.4 Å². The molecule has 1 heterocycles. The molecule has 1 unspecified atom stereocenters. The highest BCUT2D eigenvalue weighted by atomic mass is 16.5. The number of piperidine rings is 1. The minimum Gasteiger partial charge on any atom is -0.496 e. The van der Waals surface area contributed by atoms with E-state index in [1.807, 2.05) is 31.3 Å². The fourth-order valence-corrected chi connectivity index (χ4v) is 3.60. The molecular weight excluding hydrogens is 364 g/mol. The summed E-state index contributed by atoms with van der Waals surface area (Å²) in [5, 5.41) is 6.90. The van der Waals surface area contributed by atoms with Crippen LogP contribution in [0.15, 0.2) is 59.6 Å². The van der Waals surface area contributed by atoms with Crippen molar-refractivity contribution in [1.29, 1.82) is 0 Å². The molecule has 0 aromatic heterocycles. The number of hydrogen-bond acceptors (Lipinski definition) is 4. The predicted octanol–water partition coefficient (Wildman–Crippen LogP) is 3.05. The topological polar surface area (TPSA) is 58.1 Å². The summed E-state index contributed by atoms with van der Waals surface area (Å²) >= 11 is 0. The van der Waals surface area contributed by atoms with Crippen LogP contribution < -0.4 is 20.3 Å². The van der Waals surface area contributed by atoms with Gasteiger partial charge in [-0.1, -0.05) is 36.4 Å². The van der Waals surface area contributed by atoms with Crippen molar-refractivity contribution < 1.29 is 9.47 Å². The van der Waals surface area contributed by atoms with Gasteiger partial charge in [0.2, 0.25) is 0 Å². The molecule has 0 bridgehead atoms. The minimum absolute atomic E-state index is 0.379. The second kappa shape index (κ2) is 11.3. The van der Waals surface area contributed by atoms with Crippen molar-refractivity contribution in [3.05, 3.63) is 60.2 Å². The highest BCUT2D eigenvalue weighted by Gasteiger charge is 2.20. The van der Waals surface area contributed by atoms with E-state index in [0.717, 1.165) is 36.8 Å². The lowest BCUT2D eigenvalue weighted by molar-refractivity contribution is 0.123. The molecule has 1 fully saturated rings. The Morgan fingerprint density at radius 1 is 1.14 bits per heavy atom. The molecule has 0 saturated carbocycles. The normalized spacial score (nSPS) is 17.1. The molecule has 0 radical (unpaired) electrons. The van der Waals surface area contributed by atoms with Crippen LogP contribution in [-0.4, -0.2) is 52.4 Å². The zero-order chi connectivity index (χ0) is 20.3. The monoisotopic (exact) mass is 396 g/mol. The Morgan fingerprint density at radius 2 is 1.93 bits per heavy atom. The van der Waals surface area contributed by atoms with Crippen LogP contribution in [0.5, 0.6) is 5.75 Å². The third kappa shape index (κ3) is 6.39. The third-order valence-electron chi connectivity index (χ3n) is 5.10. The standard InChI is InChI=1S/C23H32N4O2/c1-24-23(25-14-16-29-18-19-9-6-7-13-22(19)28-2)26-20-10-8-15-27(17-20)21-11-4-3-5-12-21/h3-7,9,11-13,20H,8,10,14-18H2,1-2H3,(H2,24,25,26). The molecule has 29 heavy (non-hydrogen) atoms. The van der Waals surface area contributed by atoms with Gasteiger partial charge in [-0.3, -0.25) is 4.99 Å². The number of hydrogen-bond donors (Lipinski definition) is 2. The van der Waals surface area contributed by atoms with Crippen LogP contribution in [0.25, 0.3) is 0 Å². The lowest BCUT2D eigenvalue weighted by atomic mass is 10.1. The molecule has 3 rings (SSSR count). The van der Waals surface area contributed by atoms with Crippen molar-refractivity contribution in [2.45, 2.75) is 25.5 Å². The van der Waals surface area contributed by atoms with Gasteiger partial charge in [0.25, 0.3) is 0 Å². The van der Waals surface area contributed by atoms with Crippen molar-refractivity contribution in [1.82, 2.24) is 10.6 Å². The number of rotatable bonds is 8. The van der Waals surface area contributed by atoms with Gasteiger partial charge in [-0.15, -0.1) is 0 Å². The van der Waals surface area contributed by atoms with Gasteiger partial charge in [0, 0.05) is 44.0 Å². The van der Waals surface area contributed by atoms with Crippen molar-refractivity contribution in [2.75, 3.05) is 45.3 Å². The number of nitrogens with zero attached hydrogens (tertiary/aromatic N) is 2. The first-order chi connectivity index (χ1) is 14.3. The lowest BCUT2D eigenvalue weighted by Gasteiger charge is -2.35. The Kier molecular flexibility index (Phi) is 8.19. The maximum absolute atomic E-state index is 5.79. The number of guanidine groups is 1. The second-order valence-electron chi connectivity index (χ2n) is 7.13. The first kappa shape index (κ1) is 21.0. The zero-order valence-corrected chi connectivity index (χ0v) is 17.4. The first-order valence-corrected chi connectivity index (χ1v) is 10.3. The van der Waals surface area contributed by atoms with E-state index in [2.05, 4.69) is 50.9 Å². The van der Waals surface area contributed by atoms with Crippen molar-refractivity contribution in [3.8, 4) is 5.75 Å². The summed E-state index contributed by atoms with van der Waals surface area (Å²) in [6.45, 7) is 3.91. The quantitative estimate of drug-likeness (QED) is 0.408. The van der Waals surface area contributed by atoms with Gasteiger partial charge in [0.1, 0.15) is 5.75 Å². The Morgan fingerprint density at radius 3 is 2.72 bits per heavy atom. The van der Waals surface area contributed by atoms with Crippen LogP contribution in [0, 0.1) is 0 Å². The van der Waals surface area contributed by atoms with E-state index in [-0.39, 0.29) is 0 Å². The van der Waals surface area contributed by atoms with Gasteiger partial charge >= 0.3 is 0 Å². The van der Waals surface area contributed by atoms with Crippen molar-refractivity contribution in [3.63, 3.8) is 0 Å². The summed E-state index contributed by atoms with van der Waals surface area (Å²) in [5.74, 6) is 1.68. The third-order valence-corrected chi connectivity index (χ3v) is 5.10. The van der Waals surface area contributed by atoms with E-state index >= 15 is 0 Å². The molecular formula is C23H32N4O2. The van der Waals surface area contributed by atoms with Crippen LogP contribution in [0.2, 0.25) is 0 Å². The first-order valence-electron chi connectivity index (χ1n) is 10.3. The predicted molar refractivity (Wildman–Crippen MR) is 119 cm³/mol. The highest BCUT2D eigenvalue weighted by Crippen LogP contribution is 2.19. The van der Waals surface area contributed by atoms with Gasteiger partial charge in [0.15, 0.2) is 5.96 Å². The molecule has 156 valence electrons. The Hall–Kier alpha value is -2.73. The molecule has 0 spiro atoms. The molecule has 2 aromatic rings. The molecule has 6 nitrogen and oxygen atoms in total. The number of ether oxygens (including phenoxy) is 2. The van der Waals surface area contributed by atoms with Gasteiger partial charge in [-0.2, -0.15) is 0 Å². The molecule has 2 N–H and O–H groups in total. The van der Waals surface area contributed by atoms with Crippen LogP contribution >= 0.6 is 0 Å².